The molecule has 0 aliphatic carbocycles. The Morgan fingerprint density at radius 2 is 1.93 bits per heavy atom. The number of benzene rings is 1. The van der Waals surface area contributed by atoms with E-state index in [9.17, 15) is 4.79 Å². The second-order valence-electron chi connectivity index (χ2n) is 6.39. The van der Waals surface area contributed by atoms with Gasteiger partial charge in [0.2, 0.25) is 0 Å². The van der Waals surface area contributed by atoms with Gasteiger partial charge in [-0.25, -0.2) is 14.8 Å². The summed E-state index contributed by atoms with van der Waals surface area (Å²) in [5, 5.41) is 26.0. The van der Waals surface area contributed by atoms with E-state index in [1.54, 1.807) is 0 Å². The Morgan fingerprint density at radius 3 is 2.50 bits per heavy atom. The number of hydrogen-bond acceptors (Lipinski definition) is 7. The number of anilines is 2. The van der Waals surface area contributed by atoms with Gasteiger partial charge in [-0.1, -0.05) is 35.8 Å². The summed E-state index contributed by atoms with van der Waals surface area (Å²) >= 11 is 7.48. The van der Waals surface area contributed by atoms with Crippen LogP contribution < -0.4 is 10.6 Å². The zero-order valence-corrected chi connectivity index (χ0v) is 17.9. The zero-order chi connectivity index (χ0) is 21.7. The molecule has 0 spiro atoms. The standard InChI is InChI=1S/C20H20ClN5O3S/c1-3-14-11(2)22-19(15-8-9-16(21)30-15)25-18(14)23-13-6-4-12(5-7-13)10-17(26-29)24-20(27)28/h4-9,29H,3,10H2,1-2H3,(H,24,26)(H,27,28)(H,22,23,25). The van der Waals surface area contributed by atoms with Crippen molar-refractivity contribution in [3.05, 3.63) is 57.6 Å². The predicted molar refractivity (Wildman–Crippen MR) is 118 cm³/mol. The van der Waals surface area contributed by atoms with E-state index in [-0.39, 0.29) is 12.3 Å². The van der Waals surface area contributed by atoms with E-state index in [0.29, 0.717) is 10.2 Å². The van der Waals surface area contributed by atoms with Crippen LogP contribution in [0, 0.1) is 6.92 Å². The van der Waals surface area contributed by atoms with E-state index in [2.05, 4.69) is 20.8 Å². The van der Waals surface area contributed by atoms with Crippen molar-refractivity contribution < 1.29 is 15.1 Å². The number of rotatable bonds is 6. The van der Waals surface area contributed by atoms with E-state index in [1.165, 1.54) is 11.3 Å². The molecular formula is C20H20ClN5O3S. The van der Waals surface area contributed by atoms with Crippen LogP contribution in [0.4, 0.5) is 16.3 Å². The molecule has 156 valence electrons. The number of amidine groups is 1. The number of hydrogen-bond donors (Lipinski definition) is 4. The summed E-state index contributed by atoms with van der Waals surface area (Å²) in [6.45, 7) is 4.01. The molecule has 0 aliphatic rings. The number of carboxylic acid groups (broad SMARTS) is 1. The van der Waals surface area contributed by atoms with E-state index in [4.69, 9.17) is 26.9 Å². The second kappa shape index (κ2) is 9.55. The highest BCUT2D eigenvalue weighted by Crippen LogP contribution is 2.31. The molecule has 10 heteroatoms. The summed E-state index contributed by atoms with van der Waals surface area (Å²) in [7, 11) is 0. The minimum atomic E-state index is -1.28. The summed E-state index contributed by atoms with van der Waals surface area (Å²) < 4.78 is 0.680. The third-order valence-corrected chi connectivity index (χ3v) is 5.55. The monoisotopic (exact) mass is 445 g/mol. The van der Waals surface area contributed by atoms with Crippen LogP contribution in [0.15, 0.2) is 41.6 Å². The summed E-state index contributed by atoms with van der Waals surface area (Å²) in [4.78, 5) is 20.9. The van der Waals surface area contributed by atoms with Crippen molar-refractivity contribution in [3.8, 4) is 10.7 Å². The van der Waals surface area contributed by atoms with Gasteiger partial charge in [-0.15, -0.1) is 11.3 Å². The highest BCUT2D eigenvalue weighted by Gasteiger charge is 2.14. The lowest BCUT2D eigenvalue weighted by molar-refractivity contribution is 0.199. The minimum Gasteiger partial charge on any atom is -0.465 e. The number of amides is 1. The van der Waals surface area contributed by atoms with Gasteiger partial charge in [-0.05, 0) is 43.2 Å². The molecule has 0 radical (unpaired) electrons. The topological polar surface area (TPSA) is 120 Å². The quantitative estimate of drug-likeness (QED) is 0.182. The molecule has 0 atom stereocenters. The molecule has 0 unspecified atom stereocenters. The largest absolute Gasteiger partial charge is 0.465 e. The Bertz CT molecular complexity index is 1080. The van der Waals surface area contributed by atoms with Crippen molar-refractivity contribution >= 4 is 46.4 Å². The number of aryl methyl sites for hydroxylation is 1. The van der Waals surface area contributed by atoms with Crippen LogP contribution >= 0.6 is 22.9 Å². The number of oxime groups is 1. The van der Waals surface area contributed by atoms with Crippen molar-refractivity contribution in [2.75, 3.05) is 5.32 Å². The molecule has 1 amide bonds. The maximum Gasteiger partial charge on any atom is 0.410 e. The highest BCUT2D eigenvalue weighted by molar-refractivity contribution is 7.19. The van der Waals surface area contributed by atoms with E-state index in [1.807, 2.05) is 50.2 Å². The number of nitrogens with one attached hydrogen (secondary N) is 2. The van der Waals surface area contributed by atoms with Crippen LogP contribution in [0.1, 0.15) is 23.7 Å². The van der Waals surface area contributed by atoms with Gasteiger partial charge in [0.1, 0.15) is 5.82 Å². The summed E-state index contributed by atoms with van der Waals surface area (Å²) in [5.41, 5.74) is 3.52. The minimum absolute atomic E-state index is 0.0536. The smallest absolute Gasteiger partial charge is 0.410 e. The van der Waals surface area contributed by atoms with Gasteiger partial charge in [-0.2, -0.15) is 0 Å². The van der Waals surface area contributed by atoms with Crippen LogP contribution in [-0.4, -0.2) is 32.2 Å². The maximum absolute atomic E-state index is 10.7. The van der Waals surface area contributed by atoms with Gasteiger partial charge >= 0.3 is 6.09 Å². The second-order valence-corrected chi connectivity index (χ2v) is 8.11. The van der Waals surface area contributed by atoms with Gasteiger partial charge < -0.3 is 15.6 Å². The van der Waals surface area contributed by atoms with Crippen LogP contribution in [0.5, 0.6) is 0 Å². The molecule has 2 heterocycles. The number of halogens is 1. The average Bonchev–Trinajstić information content (AvgIpc) is 3.14. The van der Waals surface area contributed by atoms with Gasteiger partial charge in [-0.3, -0.25) is 5.32 Å². The SMILES string of the molecule is CCc1c(C)nc(-c2ccc(Cl)s2)nc1Nc1ccc(CC(=NO)NC(=O)O)cc1. The van der Waals surface area contributed by atoms with E-state index >= 15 is 0 Å². The fraction of sp³-hybridized carbons (Fsp3) is 0.200. The highest BCUT2D eigenvalue weighted by atomic mass is 35.5. The van der Waals surface area contributed by atoms with Gasteiger partial charge in [0.15, 0.2) is 11.7 Å². The molecule has 0 saturated carbocycles. The number of aromatic nitrogens is 2. The molecule has 1 aromatic carbocycles. The molecule has 0 saturated heterocycles. The molecule has 3 rings (SSSR count). The lowest BCUT2D eigenvalue weighted by Crippen LogP contribution is -2.30. The number of carbonyl (C=O) groups is 1. The van der Waals surface area contributed by atoms with Crippen molar-refractivity contribution in [2.45, 2.75) is 26.7 Å². The van der Waals surface area contributed by atoms with Gasteiger partial charge in [0, 0.05) is 23.4 Å². The number of nitrogens with zero attached hydrogens (tertiary/aromatic N) is 3. The van der Waals surface area contributed by atoms with Crippen LogP contribution in [0.3, 0.4) is 0 Å². The van der Waals surface area contributed by atoms with Crippen LogP contribution in [0.2, 0.25) is 4.34 Å². The number of thiophene rings is 1. The van der Waals surface area contributed by atoms with Crippen molar-refractivity contribution in [1.29, 1.82) is 0 Å². The first-order valence-corrected chi connectivity index (χ1v) is 10.3. The maximum atomic E-state index is 10.7. The first-order valence-electron chi connectivity index (χ1n) is 9.09. The molecule has 0 bridgehead atoms. The lowest BCUT2D eigenvalue weighted by Gasteiger charge is -2.14. The van der Waals surface area contributed by atoms with E-state index in [0.717, 1.165) is 39.6 Å². The molecule has 4 N–H and O–H groups in total. The van der Waals surface area contributed by atoms with Crippen LogP contribution in [-0.2, 0) is 12.8 Å². The summed E-state index contributed by atoms with van der Waals surface area (Å²) in [6, 6.07) is 11.1. The zero-order valence-electron chi connectivity index (χ0n) is 16.3. The molecular weight excluding hydrogens is 426 g/mol. The predicted octanol–water partition coefficient (Wildman–Crippen LogP) is 5.07. The Labute approximate surface area is 182 Å². The third-order valence-electron chi connectivity index (χ3n) is 4.32. The molecule has 0 aliphatic heterocycles. The Morgan fingerprint density at radius 1 is 1.20 bits per heavy atom. The molecule has 3 aromatic rings. The Kier molecular flexibility index (Phi) is 6.86. The first-order chi connectivity index (χ1) is 14.4. The van der Waals surface area contributed by atoms with Crippen LogP contribution in [0.25, 0.3) is 10.7 Å². The average molecular weight is 446 g/mol. The Hall–Kier alpha value is -3.17. The Balaban J connectivity index is 1.83. The van der Waals surface area contributed by atoms with Gasteiger partial charge in [0.05, 0.1) is 9.21 Å². The molecule has 0 fully saturated rings. The first kappa shape index (κ1) is 21.5. The molecule has 30 heavy (non-hydrogen) atoms. The normalized spacial score (nSPS) is 11.4. The molecule has 8 nitrogen and oxygen atoms in total. The van der Waals surface area contributed by atoms with Crippen molar-refractivity contribution in [1.82, 2.24) is 15.3 Å². The van der Waals surface area contributed by atoms with Crippen molar-refractivity contribution in [3.63, 3.8) is 0 Å². The lowest BCUT2D eigenvalue weighted by atomic mass is 10.1. The van der Waals surface area contributed by atoms with Gasteiger partial charge in [0.25, 0.3) is 0 Å². The summed E-state index contributed by atoms with van der Waals surface area (Å²) in [5.74, 6) is 1.29. The summed E-state index contributed by atoms with van der Waals surface area (Å²) in [6.07, 6.45) is -0.358. The van der Waals surface area contributed by atoms with Crippen molar-refractivity contribution in [2.24, 2.45) is 5.16 Å². The fourth-order valence-corrected chi connectivity index (χ4v) is 3.91. The third kappa shape index (κ3) is 5.25. The van der Waals surface area contributed by atoms with E-state index < -0.39 is 6.09 Å². The fourth-order valence-electron chi connectivity index (χ4n) is 2.93. The molecule has 2 aromatic heterocycles.